The zero-order valence-corrected chi connectivity index (χ0v) is 18.5. The van der Waals surface area contributed by atoms with Gasteiger partial charge in [-0.15, -0.1) is 0 Å². The third-order valence-corrected chi connectivity index (χ3v) is 6.09. The molecule has 2 aliphatic rings. The minimum atomic E-state index is -0.377. The lowest BCUT2D eigenvalue weighted by atomic mass is 9.91. The van der Waals surface area contributed by atoms with Crippen LogP contribution in [0.2, 0.25) is 5.02 Å². The average Bonchev–Trinajstić information content (AvgIpc) is 3.26. The molecule has 1 aromatic heterocycles. The Balaban J connectivity index is 1.38. The molecule has 1 aromatic carbocycles. The molecule has 0 atom stereocenters. The molecule has 0 spiro atoms. The predicted molar refractivity (Wildman–Crippen MR) is 121 cm³/mol. The topological polar surface area (TPSA) is 87.2 Å². The number of hydrogen-bond donors (Lipinski definition) is 2. The van der Waals surface area contributed by atoms with Gasteiger partial charge in [0, 0.05) is 37.7 Å². The molecule has 0 unspecified atom stereocenters. The molecular weight excluding hydrogens is 433 g/mol. The normalized spacial score (nSPS) is 20.6. The molecule has 2 aromatic rings. The summed E-state index contributed by atoms with van der Waals surface area (Å²) in [4.78, 5) is 34.5. The monoisotopic (exact) mass is 457 g/mol. The molecule has 1 aliphatic carbocycles. The average molecular weight is 458 g/mol. The zero-order valence-electron chi connectivity index (χ0n) is 17.8. The maximum atomic E-state index is 13.1. The SMILES string of the molecule is CC(=O)NC1CCC(Nc2ncc(Cl)c(C3=CCN(C(=O)c4ccc(F)cc4)C3)n2)CC1. The summed E-state index contributed by atoms with van der Waals surface area (Å²) < 4.78 is 13.1. The molecule has 0 radical (unpaired) electrons. The first-order valence-electron chi connectivity index (χ1n) is 10.7. The van der Waals surface area contributed by atoms with Crippen molar-refractivity contribution in [2.45, 2.75) is 44.7 Å². The number of amides is 2. The van der Waals surface area contributed by atoms with E-state index in [2.05, 4.69) is 20.6 Å². The van der Waals surface area contributed by atoms with Crippen molar-refractivity contribution in [3.8, 4) is 0 Å². The highest BCUT2D eigenvalue weighted by molar-refractivity contribution is 6.32. The Morgan fingerprint density at radius 2 is 1.81 bits per heavy atom. The van der Waals surface area contributed by atoms with E-state index < -0.39 is 0 Å². The molecule has 2 N–H and O–H groups in total. The molecule has 2 heterocycles. The van der Waals surface area contributed by atoms with Gasteiger partial charge in [-0.2, -0.15) is 0 Å². The Bertz CT molecular complexity index is 1040. The first-order chi connectivity index (χ1) is 15.4. The Morgan fingerprint density at radius 1 is 1.12 bits per heavy atom. The Labute approximate surface area is 191 Å². The van der Waals surface area contributed by atoms with Gasteiger partial charge in [-0.05, 0) is 55.5 Å². The van der Waals surface area contributed by atoms with Crippen LogP contribution >= 0.6 is 11.6 Å². The summed E-state index contributed by atoms with van der Waals surface area (Å²) in [6, 6.07) is 5.97. The fourth-order valence-corrected chi connectivity index (χ4v) is 4.38. The number of rotatable bonds is 5. The van der Waals surface area contributed by atoms with Gasteiger partial charge in [0.15, 0.2) is 0 Å². The van der Waals surface area contributed by atoms with E-state index in [-0.39, 0.29) is 29.7 Å². The Kier molecular flexibility index (Phi) is 6.69. The van der Waals surface area contributed by atoms with E-state index in [0.717, 1.165) is 31.3 Å². The van der Waals surface area contributed by atoms with Gasteiger partial charge in [-0.25, -0.2) is 14.4 Å². The third-order valence-electron chi connectivity index (χ3n) is 5.81. The molecule has 4 rings (SSSR count). The number of carbonyl (C=O) groups excluding carboxylic acids is 2. The largest absolute Gasteiger partial charge is 0.354 e. The third kappa shape index (κ3) is 5.24. The molecule has 0 saturated heterocycles. The summed E-state index contributed by atoms with van der Waals surface area (Å²) in [5.74, 6) is -0.0469. The molecule has 32 heavy (non-hydrogen) atoms. The van der Waals surface area contributed by atoms with E-state index in [1.807, 2.05) is 6.08 Å². The van der Waals surface area contributed by atoms with Gasteiger partial charge in [0.05, 0.1) is 16.9 Å². The van der Waals surface area contributed by atoms with Crippen molar-refractivity contribution in [3.63, 3.8) is 0 Å². The van der Waals surface area contributed by atoms with Crippen molar-refractivity contribution in [2.75, 3.05) is 18.4 Å². The minimum Gasteiger partial charge on any atom is -0.354 e. The zero-order chi connectivity index (χ0) is 22.7. The van der Waals surface area contributed by atoms with Crippen molar-refractivity contribution >= 4 is 34.9 Å². The summed E-state index contributed by atoms with van der Waals surface area (Å²) in [6.45, 7) is 2.34. The second-order valence-electron chi connectivity index (χ2n) is 8.21. The van der Waals surface area contributed by atoms with E-state index in [4.69, 9.17) is 11.6 Å². The van der Waals surface area contributed by atoms with Crippen LogP contribution in [0.1, 0.15) is 48.7 Å². The van der Waals surface area contributed by atoms with E-state index in [1.54, 1.807) is 18.0 Å². The fraction of sp³-hybridized carbons (Fsp3) is 0.391. The quantitative estimate of drug-likeness (QED) is 0.715. The molecule has 0 bridgehead atoms. The number of carbonyl (C=O) groups is 2. The van der Waals surface area contributed by atoms with Gasteiger partial charge in [0.1, 0.15) is 5.82 Å². The maximum absolute atomic E-state index is 13.1. The summed E-state index contributed by atoms with van der Waals surface area (Å²) >= 11 is 6.37. The Hall–Kier alpha value is -3.00. The van der Waals surface area contributed by atoms with Crippen molar-refractivity contribution in [1.29, 1.82) is 0 Å². The van der Waals surface area contributed by atoms with Crippen LogP contribution in [0.4, 0.5) is 10.3 Å². The number of nitrogens with zero attached hydrogens (tertiary/aromatic N) is 3. The lowest BCUT2D eigenvalue weighted by Gasteiger charge is -2.29. The number of benzene rings is 1. The van der Waals surface area contributed by atoms with Crippen molar-refractivity contribution in [2.24, 2.45) is 0 Å². The second-order valence-corrected chi connectivity index (χ2v) is 8.61. The molecule has 1 fully saturated rings. The van der Waals surface area contributed by atoms with Crippen molar-refractivity contribution in [3.05, 3.63) is 58.6 Å². The van der Waals surface area contributed by atoms with Crippen LogP contribution in [0, 0.1) is 5.82 Å². The molecular formula is C23H25ClFN5O2. The number of halogens is 2. The lowest BCUT2D eigenvalue weighted by Crippen LogP contribution is -2.39. The summed E-state index contributed by atoms with van der Waals surface area (Å²) in [7, 11) is 0. The van der Waals surface area contributed by atoms with Gasteiger partial charge in [-0.3, -0.25) is 9.59 Å². The molecule has 7 nitrogen and oxygen atoms in total. The highest BCUT2D eigenvalue weighted by Gasteiger charge is 2.25. The van der Waals surface area contributed by atoms with Gasteiger partial charge in [-0.1, -0.05) is 17.7 Å². The summed E-state index contributed by atoms with van der Waals surface area (Å²) in [6.07, 6.45) is 7.13. The molecule has 2 amide bonds. The van der Waals surface area contributed by atoms with Gasteiger partial charge < -0.3 is 15.5 Å². The number of aromatic nitrogens is 2. The summed E-state index contributed by atoms with van der Waals surface area (Å²) in [5.41, 5.74) is 1.89. The van der Waals surface area contributed by atoms with Crippen LogP contribution in [0.15, 0.2) is 36.5 Å². The van der Waals surface area contributed by atoms with Gasteiger partial charge in [0.25, 0.3) is 5.91 Å². The highest BCUT2D eigenvalue weighted by Crippen LogP contribution is 2.28. The highest BCUT2D eigenvalue weighted by atomic mass is 35.5. The molecule has 1 saturated carbocycles. The molecule has 168 valence electrons. The number of hydrogen-bond acceptors (Lipinski definition) is 5. The Morgan fingerprint density at radius 3 is 2.50 bits per heavy atom. The van der Waals surface area contributed by atoms with Crippen LogP contribution < -0.4 is 10.6 Å². The standard InChI is InChI=1S/C23H25ClFN5O2/c1-14(31)27-18-6-8-19(9-7-18)28-23-26-12-20(24)21(29-23)16-10-11-30(13-16)22(32)15-2-4-17(25)5-3-15/h2-5,10,12,18-19H,6-9,11,13H2,1H3,(H,27,31)(H,26,28,29). The number of anilines is 1. The first-order valence-corrected chi connectivity index (χ1v) is 11.1. The maximum Gasteiger partial charge on any atom is 0.254 e. The lowest BCUT2D eigenvalue weighted by molar-refractivity contribution is -0.119. The smallest absolute Gasteiger partial charge is 0.254 e. The van der Waals surface area contributed by atoms with Crippen LogP contribution in [0.25, 0.3) is 5.57 Å². The minimum absolute atomic E-state index is 0.00359. The van der Waals surface area contributed by atoms with Crippen LogP contribution in [0.3, 0.4) is 0 Å². The van der Waals surface area contributed by atoms with Crippen LogP contribution in [-0.4, -0.2) is 51.9 Å². The summed E-state index contributed by atoms with van der Waals surface area (Å²) in [5, 5.41) is 6.77. The first kappa shape index (κ1) is 22.2. The van der Waals surface area contributed by atoms with Gasteiger partial charge in [0.2, 0.25) is 11.9 Å². The van der Waals surface area contributed by atoms with E-state index in [0.29, 0.717) is 35.3 Å². The van der Waals surface area contributed by atoms with Gasteiger partial charge >= 0.3 is 0 Å². The number of nitrogens with one attached hydrogen (secondary N) is 2. The molecule has 1 aliphatic heterocycles. The second kappa shape index (κ2) is 9.65. The van der Waals surface area contributed by atoms with E-state index in [1.165, 1.54) is 24.3 Å². The fourth-order valence-electron chi connectivity index (χ4n) is 4.17. The molecule has 9 heteroatoms. The van der Waals surface area contributed by atoms with E-state index in [9.17, 15) is 14.0 Å². The van der Waals surface area contributed by atoms with Crippen molar-refractivity contribution in [1.82, 2.24) is 20.2 Å². The van der Waals surface area contributed by atoms with Crippen LogP contribution in [0.5, 0.6) is 0 Å². The van der Waals surface area contributed by atoms with Crippen molar-refractivity contribution < 1.29 is 14.0 Å². The van der Waals surface area contributed by atoms with Crippen LogP contribution in [-0.2, 0) is 4.79 Å². The van der Waals surface area contributed by atoms with E-state index >= 15 is 0 Å². The predicted octanol–water partition coefficient (Wildman–Crippen LogP) is 3.67.